The highest BCUT2D eigenvalue weighted by atomic mass is 15.2. The molecule has 0 radical (unpaired) electrons. The van der Waals surface area contributed by atoms with E-state index in [0.717, 1.165) is 26.2 Å². The second-order valence-corrected chi connectivity index (χ2v) is 3.06. The van der Waals surface area contributed by atoms with Crippen LogP contribution in [0.3, 0.4) is 0 Å². The summed E-state index contributed by atoms with van der Waals surface area (Å²) in [5.74, 6) is 0. The fourth-order valence-electron chi connectivity index (χ4n) is 1.48. The van der Waals surface area contributed by atoms with Gasteiger partial charge in [-0.25, -0.2) is 0 Å². The van der Waals surface area contributed by atoms with E-state index in [2.05, 4.69) is 35.0 Å². The highest BCUT2D eigenvalue weighted by Crippen LogP contribution is 2.07. The Labute approximate surface area is 80.6 Å². The van der Waals surface area contributed by atoms with Crippen LogP contribution in [0.25, 0.3) is 0 Å². The topological polar surface area (TPSA) is 15.3 Å². The number of nitrogens with zero attached hydrogens (tertiary/aromatic N) is 1. The number of nitrogens with one attached hydrogen (secondary N) is 1. The molecule has 0 aromatic carbocycles. The Kier molecular flexibility index (Phi) is 4.33. The van der Waals surface area contributed by atoms with Crippen molar-refractivity contribution in [2.45, 2.75) is 6.92 Å². The summed E-state index contributed by atoms with van der Waals surface area (Å²) in [5.41, 5.74) is 1.26. The monoisotopic (exact) mass is 178 g/mol. The molecule has 0 atom stereocenters. The van der Waals surface area contributed by atoms with Gasteiger partial charge in [-0.2, -0.15) is 0 Å². The molecule has 0 saturated carbocycles. The predicted octanol–water partition coefficient (Wildman–Crippen LogP) is 1.54. The van der Waals surface area contributed by atoms with Gasteiger partial charge in [0, 0.05) is 31.9 Å². The van der Waals surface area contributed by atoms with E-state index in [1.807, 2.05) is 13.0 Å². The zero-order valence-electron chi connectivity index (χ0n) is 8.29. The second kappa shape index (κ2) is 5.60. The molecule has 2 heteroatoms. The summed E-state index contributed by atoms with van der Waals surface area (Å²) in [6.07, 6.45) is 8.10. The molecule has 1 rings (SSSR count). The van der Waals surface area contributed by atoms with E-state index >= 15 is 0 Å². The summed E-state index contributed by atoms with van der Waals surface area (Å²) in [5, 5.41) is 3.33. The van der Waals surface area contributed by atoms with Crippen LogP contribution in [0.15, 0.2) is 36.6 Å². The molecule has 0 unspecified atom stereocenters. The van der Waals surface area contributed by atoms with Crippen LogP contribution in [-0.4, -0.2) is 31.1 Å². The Hall–Kier alpha value is -1.02. The van der Waals surface area contributed by atoms with Gasteiger partial charge in [0.05, 0.1) is 0 Å². The molecule has 0 aromatic rings. The SMILES string of the molecule is C=C/C=C(\C=C/C)N1CCNCC1. The number of hydrogen-bond donors (Lipinski definition) is 1. The van der Waals surface area contributed by atoms with Crippen molar-refractivity contribution in [1.82, 2.24) is 10.2 Å². The Morgan fingerprint density at radius 1 is 1.38 bits per heavy atom. The fraction of sp³-hybridized carbons (Fsp3) is 0.455. The molecule has 0 aromatic heterocycles. The summed E-state index contributed by atoms with van der Waals surface area (Å²) in [6, 6.07) is 0. The standard InChI is InChI=1S/C11H18N2/c1-3-5-11(6-4-2)13-9-7-12-8-10-13/h3-6,12H,1,7-10H2,2H3/b6-4-,11-5+. The van der Waals surface area contributed by atoms with E-state index in [9.17, 15) is 0 Å². The van der Waals surface area contributed by atoms with Crippen LogP contribution in [0.2, 0.25) is 0 Å². The summed E-state index contributed by atoms with van der Waals surface area (Å²) in [6.45, 7) is 10.1. The molecule has 0 amide bonds. The van der Waals surface area contributed by atoms with E-state index < -0.39 is 0 Å². The van der Waals surface area contributed by atoms with Crippen LogP contribution >= 0.6 is 0 Å². The number of hydrogen-bond acceptors (Lipinski definition) is 2. The van der Waals surface area contributed by atoms with Crippen molar-refractivity contribution < 1.29 is 0 Å². The molecule has 0 spiro atoms. The fourth-order valence-corrected chi connectivity index (χ4v) is 1.48. The van der Waals surface area contributed by atoms with Gasteiger partial charge in [0.15, 0.2) is 0 Å². The van der Waals surface area contributed by atoms with Crippen LogP contribution in [0.5, 0.6) is 0 Å². The van der Waals surface area contributed by atoms with Gasteiger partial charge in [-0.05, 0) is 19.1 Å². The molecule has 1 heterocycles. The van der Waals surface area contributed by atoms with Gasteiger partial charge in [0.1, 0.15) is 0 Å². The highest BCUT2D eigenvalue weighted by Gasteiger charge is 2.09. The Bertz CT molecular complexity index is 210. The Morgan fingerprint density at radius 3 is 2.62 bits per heavy atom. The highest BCUT2D eigenvalue weighted by molar-refractivity contribution is 5.22. The molecule has 1 N–H and O–H groups in total. The Balaban J connectivity index is 2.62. The molecule has 1 fully saturated rings. The molecule has 13 heavy (non-hydrogen) atoms. The normalized spacial score (nSPS) is 19.5. The van der Waals surface area contributed by atoms with Crippen molar-refractivity contribution in [3.05, 3.63) is 36.6 Å². The zero-order valence-corrected chi connectivity index (χ0v) is 8.29. The van der Waals surface area contributed by atoms with Crippen molar-refractivity contribution in [3.63, 3.8) is 0 Å². The maximum Gasteiger partial charge on any atom is 0.0363 e. The third-order valence-electron chi connectivity index (χ3n) is 2.11. The quantitative estimate of drug-likeness (QED) is 0.659. The lowest BCUT2D eigenvalue weighted by Crippen LogP contribution is -2.42. The van der Waals surface area contributed by atoms with E-state index in [1.54, 1.807) is 0 Å². The predicted molar refractivity (Wildman–Crippen MR) is 57.5 cm³/mol. The summed E-state index contributed by atoms with van der Waals surface area (Å²) >= 11 is 0. The van der Waals surface area contributed by atoms with Crippen molar-refractivity contribution >= 4 is 0 Å². The van der Waals surface area contributed by atoms with Crippen LogP contribution < -0.4 is 5.32 Å². The van der Waals surface area contributed by atoms with Gasteiger partial charge in [0.25, 0.3) is 0 Å². The van der Waals surface area contributed by atoms with Gasteiger partial charge in [0.2, 0.25) is 0 Å². The molecule has 1 aliphatic heterocycles. The van der Waals surface area contributed by atoms with Gasteiger partial charge in [-0.3, -0.25) is 0 Å². The van der Waals surface area contributed by atoms with E-state index in [-0.39, 0.29) is 0 Å². The lowest BCUT2D eigenvalue weighted by atomic mass is 10.2. The average molecular weight is 178 g/mol. The van der Waals surface area contributed by atoms with Crippen LogP contribution in [-0.2, 0) is 0 Å². The molecular formula is C11H18N2. The van der Waals surface area contributed by atoms with Gasteiger partial charge < -0.3 is 10.2 Å². The second-order valence-electron chi connectivity index (χ2n) is 3.06. The third-order valence-corrected chi connectivity index (χ3v) is 2.11. The van der Waals surface area contributed by atoms with Crippen LogP contribution in [0, 0.1) is 0 Å². The first kappa shape index (κ1) is 10.1. The van der Waals surface area contributed by atoms with Crippen molar-refractivity contribution in [3.8, 4) is 0 Å². The third kappa shape index (κ3) is 3.07. The first-order valence-electron chi connectivity index (χ1n) is 4.79. The number of piperazine rings is 1. The van der Waals surface area contributed by atoms with E-state index in [4.69, 9.17) is 0 Å². The largest absolute Gasteiger partial charge is 0.369 e. The minimum atomic E-state index is 1.08. The first-order valence-corrected chi connectivity index (χ1v) is 4.79. The van der Waals surface area contributed by atoms with E-state index in [1.165, 1.54) is 5.70 Å². The summed E-state index contributed by atoms with van der Waals surface area (Å²) < 4.78 is 0. The maximum atomic E-state index is 3.73. The minimum absolute atomic E-state index is 1.08. The van der Waals surface area contributed by atoms with Gasteiger partial charge in [-0.15, -0.1) is 0 Å². The molecule has 0 aliphatic carbocycles. The first-order chi connectivity index (χ1) is 6.38. The number of allylic oxidation sites excluding steroid dienone is 4. The molecule has 72 valence electrons. The molecule has 2 nitrogen and oxygen atoms in total. The molecule has 1 aliphatic rings. The summed E-state index contributed by atoms with van der Waals surface area (Å²) in [4.78, 5) is 2.37. The van der Waals surface area contributed by atoms with Crippen molar-refractivity contribution in [1.29, 1.82) is 0 Å². The Morgan fingerprint density at radius 2 is 2.08 bits per heavy atom. The van der Waals surface area contributed by atoms with Crippen molar-refractivity contribution in [2.24, 2.45) is 0 Å². The van der Waals surface area contributed by atoms with Crippen molar-refractivity contribution in [2.75, 3.05) is 26.2 Å². The van der Waals surface area contributed by atoms with Gasteiger partial charge in [-0.1, -0.05) is 18.7 Å². The zero-order chi connectivity index (χ0) is 9.52. The molecule has 0 bridgehead atoms. The lowest BCUT2D eigenvalue weighted by Gasteiger charge is -2.30. The minimum Gasteiger partial charge on any atom is -0.369 e. The van der Waals surface area contributed by atoms with Crippen LogP contribution in [0.4, 0.5) is 0 Å². The number of rotatable bonds is 3. The maximum absolute atomic E-state index is 3.73. The lowest BCUT2D eigenvalue weighted by molar-refractivity contribution is 0.307. The van der Waals surface area contributed by atoms with Gasteiger partial charge >= 0.3 is 0 Å². The average Bonchev–Trinajstić information content (AvgIpc) is 2.19. The van der Waals surface area contributed by atoms with E-state index in [0.29, 0.717) is 0 Å². The summed E-state index contributed by atoms with van der Waals surface area (Å²) in [7, 11) is 0. The smallest absolute Gasteiger partial charge is 0.0363 e. The van der Waals surface area contributed by atoms with Crippen LogP contribution in [0.1, 0.15) is 6.92 Å². The molecule has 1 saturated heterocycles. The molecular weight excluding hydrogens is 160 g/mol.